The molecule has 28 heavy (non-hydrogen) atoms. The van der Waals surface area contributed by atoms with E-state index in [4.69, 9.17) is 11.6 Å². The van der Waals surface area contributed by atoms with Gasteiger partial charge in [0.05, 0.1) is 10.7 Å². The Morgan fingerprint density at radius 3 is 2.43 bits per heavy atom. The lowest BCUT2D eigenvalue weighted by Crippen LogP contribution is -2.10. The van der Waals surface area contributed by atoms with E-state index in [1.165, 1.54) is 10.5 Å². The van der Waals surface area contributed by atoms with Gasteiger partial charge in [-0.25, -0.2) is 9.97 Å². The first-order valence-electron chi connectivity index (χ1n) is 8.56. The van der Waals surface area contributed by atoms with E-state index < -0.39 is 11.9 Å². The molecule has 0 spiro atoms. The predicted octanol–water partition coefficient (Wildman–Crippen LogP) is 5.44. The Kier molecular flexibility index (Phi) is 4.26. The van der Waals surface area contributed by atoms with Crippen molar-refractivity contribution in [3.63, 3.8) is 0 Å². The van der Waals surface area contributed by atoms with Gasteiger partial charge in [0, 0.05) is 5.56 Å². The van der Waals surface area contributed by atoms with E-state index in [-0.39, 0.29) is 11.6 Å². The first kappa shape index (κ1) is 18.6. The summed E-state index contributed by atoms with van der Waals surface area (Å²) in [7, 11) is 0. The predicted molar refractivity (Wildman–Crippen MR) is 100 cm³/mol. The van der Waals surface area contributed by atoms with Gasteiger partial charge in [-0.2, -0.15) is 13.2 Å². The second-order valence-corrected chi connectivity index (χ2v) is 7.22. The molecule has 0 aliphatic heterocycles. The highest BCUT2D eigenvalue weighted by molar-refractivity contribution is 6.33. The van der Waals surface area contributed by atoms with Gasteiger partial charge in [-0.1, -0.05) is 31.5 Å². The van der Waals surface area contributed by atoms with E-state index in [2.05, 4.69) is 20.2 Å². The van der Waals surface area contributed by atoms with E-state index in [9.17, 15) is 13.2 Å². The summed E-state index contributed by atoms with van der Waals surface area (Å²) in [6.07, 6.45) is -4.57. The molecule has 4 aromatic rings. The van der Waals surface area contributed by atoms with Crippen molar-refractivity contribution in [1.29, 1.82) is 0 Å². The van der Waals surface area contributed by atoms with Crippen LogP contribution in [-0.4, -0.2) is 24.6 Å². The maximum Gasteiger partial charge on any atom is 0.433 e. The Hall–Kier alpha value is -2.74. The molecule has 0 atom stereocenters. The van der Waals surface area contributed by atoms with Crippen molar-refractivity contribution < 1.29 is 13.2 Å². The van der Waals surface area contributed by atoms with Crippen molar-refractivity contribution in [3.05, 3.63) is 52.3 Å². The molecule has 1 aromatic carbocycles. The summed E-state index contributed by atoms with van der Waals surface area (Å²) < 4.78 is 41.1. The molecule has 3 aromatic heterocycles. The van der Waals surface area contributed by atoms with Gasteiger partial charge in [0.1, 0.15) is 11.2 Å². The molecule has 5 nitrogen and oxygen atoms in total. The van der Waals surface area contributed by atoms with E-state index in [1.54, 1.807) is 13.0 Å². The zero-order valence-corrected chi connectivity index (χ0v) is 16.0. The highest BCUT2D eigenvalue weighted by atomic mass is 35.5. The average molecular weight is 406 g/mol. The molecule has 0 aliphatic carbocycles. The number of rotatable bonds is 2. The van der Waals surface area contributed by atoms with E-state index in [1.807, 2.05) is 26.0 Å². The summed E-state index contributed by atoms with van der Waals surface area (Å²) in [5.41, 5.74) is 1.80. The first-order valence-corrected chi connectivity index (χ1v) is 8.94. The largest absolute Gasteiger partial charge is 0.433 e. The van der Waals surface area contributed by atoms with E-state index in [0.29, 0.717) is 33.3 Å². The average Bonchev–Trinajstić information content (AvgIpc) is 3.06. The van der Waals surface area contributed by atoms with Crippen molar-refractivity contribution in [1.82, 2.24) is 24.6 Å². The molecule has 0 aliphatic rings. The number of halogens is 4. The van der Waals surface area contributed by atoms with Gasteiger partial charge in [-0.05, 0) is 42.7 Å². The van der Waals surface area contributed by atoms with Crippen LogP contribution < -0.4 is 0 Å². The van der Waals surface area contributed by atoms with Crippen molar-refractivity contribution >= 4 is 28.4 Å². The second kappa shape index (κ2) is 6.41. The lowest BCUT2D eigenvalue weighted by Gasteiger charge is -2.11. The summed E-state index contributed by atoms with van der Waals surface area (Å²) in [6, 6.07) is 7.74. The van der Waals surface area contributed by atoms with Crippen LogP contribution in [0.5, 0.6) is 0 Å². The third-order valence-electron chi connectivity index (χ3n) is 4.53. The zero-order chi connectivity index (χ0) is 20.2. The second-order valence-electron chi connectivity index (χ2n) is 6.81. The monoisotopic (exact) mass is 405 g/mol. The Morgan fingerprint density at radius 2 is 1.75 bits per heavy atom. The van der Waals surface area contributed by atoms with Gasteiger partial charge in [-0.3, -0.25) is 4.40 Å². The standard InChI is InChI=1S/C19H15ClF3N5/c1-9(2)11-4-5-13(20)12(8-11)17-27-26-16-10(3)24-14-6-7-15(19(21,22)23)25-18(14)28(16)17/h4-9H,1-3H3. The minimum Gasteiger partial charge on any atom is -0.255 e. The SMILES string of the molecule is Cc1nc2ccc(C(F)(F)F)nc2n2c(-c3cc(C(C)C)ccc3Cl)nnc12. The van der Waals surface area contributed by atoms with Gasteiger partial charge >= 0.3 is 6.18 Å². The molecule has 0 radical (unpaired) electrons. The molecule has 0 bridgehead atoms. The van der Waals surface area contributed by atoms with Crippen molar-refractivity contribution in [2.75, 3.05) is 0 Å². The number of hydrogen-bond acceptors (Lipinski definition) is 4. The van der Waals surface area contributed by atoms with Gasteiger partial charge in [0.2, 0.25) is 0 Å². The third kappa shape index (κ3) is 2.97. The highest BCUT2D eigenvalue weighted by Crippen LogP contribution is 2.33. The minimum atomic E-state index is -4.57. The molecule has 0 fully saturated rings. The maximum absolute atomic E-state index is 13.2. The smallest absolute Gasteiger partial charge is 0.255 e. The first-order chi connectivity index (χ1) is 13.2. The summed E-state index contributed by atoms with van der Waals surface area (Å²) >= 11 is 6.39. The fourth-order valence-electron chi connectivity index (χ4n) is 3.05. The van der Waals surface area contributed by atoms with Gasteiger partial charge in [0.15, 0.2) is 17.1 Å². The number of aromatic nitrogens is 5. The van der Waals surface area contributed by atoms with Crippen molar-refractivity contribution in [2.24, 2.45) is 0 Å². The minimum absolute atomic E-state index is 0.0291. The highest BCUT2D eigenvalue weighted by Gasteiger charge is 2.33. The third-order valence-corrected chi connectivity index (χ3v) is 4.86. The fraction of sp³-hybridized carbons (Fsp3) is 0.263. The number of hydrogen-bond donors (Lipinski definition) is 0. The number of alkyl halides is 3. The van der Waals surface area contributed by atoms with Crippen molar-refractivity contribution in [3.8, 4) is 11.4 Å². The summed E-state index contributed by atoms with van der Waals surface area (Å²) in [5.74, 6) is 0.565. The quantitative estimate of drug-likeness (QED) is 0.445. The summed E-state index contributed by atoms with van der Waals surface area (Å²) in [6.45, 7) is 5.79. The Morgan fingerprint density at radius 1 is 1.00 bits per heavy atom. The van der Waals surface area contributed by atoms with Gasteiger partial charge in [-0.15, -0.1) is 10.2 Å². The molecular weight excluding hydrogens is 391 g/mol. The molecule has 0 amide bonds. The van der Waals surface area contributed by atoms with Crippen LogP contribution in [0.15, 0.2) is 30.3 Å². The molecule has 0 N–H and O–H groups in total. The van der Waals surface area contributed by atoms with Crippen LogP contribution in [0.1, 0.15) is 36.7 Å². The lowest BCUT2D eigenvalue weighted by atomic mass is 10.0. The van der Waals surface area contributed by atoms with E-state index >= 15 is 0 Å². The topological polar surface area (TPSA) is 56.0 Å². The summed E-state index contributed by atoms with van der Waals surface area (Å²) in [5, 5.41) is 8.74. The van der Waals surface area contributed by atoms with Crippen LogP contribution in [0.3, 0.4) is 0 Å². The molecular formula is C19H15ClF3N5. The Labute approximate surface area is 163 Å². The van der Waals surface area contributed by atoms with Crippen LogP contribution in [0.25, 0.3) is 28.2 Å². The zero-order valence-electron chi connectivity index (χ0n) is 15.2. The number of fused-ring (bicyclic) bond motifs is 3. The molecule has 0 unspecified atom stereocenters. The molecule has 9 heteroatoms. The van der Waals surface area contributed by atoms with Crippen molar-refractivity contribution in [2.45, 2.75) is 32.9 Å². The Bertz CT molecular complexity index is 1210. The number of nitrogens with zero attached hydrogens (tertiary/aromatic N) is 5. The fourth-order valence-corrected chi connectivity index (χ4v) is 3.25. The number of aryl methyl sites for hydroxylation is 1. The van der Waals surface area contributed by atoms with Crippen LogP contribution in [-0.2, 0) is 6.18 Å². The van der Waals surface area contributed by atoms with Gasteiger partial charge < -0.3 is 0 Å². The maximum atomic E-state index is 13.2. The van der Waals surface area contributed by atoms with Crippen LogP contribution in [0.2, 0.25) is 5.02 Å². The molecule has 144 valence electrons. The van der Waals surface area contributed by atoms with Crippen LogP contribution >= 0.6 is 11.6 Å². The molecule has 4 rings (SSSR count). The molecule has 0 saturated heterocycles. The number of benzene rings is 1. The normalized spacial score (nSPS) is 12.4. The molecule has 3 heterocycles. The summed E-state index contributed by atoms with van der Waals surface area (Å²) in [4.78, 5) is 8.13. The lowest BCUT2D eigenvalue weighted by molar-refractivity contribution is -0.141. The Balaban J connectivity index is 2.10. The molecule has 0 saturated carbocycles. The van der Waals surface area contributed by atoms with Crippen LogP contribution in [0, 0.1) is 6.92 Å². The van der Waals surface area contributed by atoms with E-state index in [0.717, 1.165) is 11.6 Å². The number of pyridine rings is 1. The van der Waals surface area contributed by atoms with Gasteiger partial charge in [0.25, 0.3) is 0 Å². The van der Waals surface area contributed by atoms with Crippen LogP contribution in [0.4, 0.5) is 13.2 Å².